The van der Waals surface area contributed by atoms with Crippen molar-refractivity contribution >= 4 is 33.9 Å². The van der Waals surface area contributed by atoms with Gasteiger partial charge < -0.3 is 5.32 Å². The Balaban J connectivity index is 1.93. The van der Waals surface area contributed by atoms with Crippen LogP contribution in [-0.2, 0) is 6.54 Å². The monoisotopic (exact) mass is 343 g/mol. The van der Waals surface area contributed by atoms with Gasteiger partial charge in [0.15, 0.2) is 0 Å². The number of hydrogen-bond donors (Lipinski definition) is 1. The highest BCUT2D eigenvalue weighted by atomic mass is 127. The number of nitrogens with one attached hydrogen (secondary N) is 1. The Morgan fingerprint density at radius 2 is 2.00 bits per heavy atom. The molecule has 0 aliphatic rings. The number of benzene rings is 1. The van der Waals surface area contributed by atoms with E-state index in [0.29, 0.717) is 6.04 Å². The standard InChI is InChI=1S/C13H14INS/c1-10(12-2-4-13(14)5-3-12)15-8-11-6-7-16-9-11/h2-7,9-10,15H,8H2,1H3. The molecule has 0 fully saturated rings. The molecule has 3 heteroatoms. The summed E-state index contributed by atoms with van der Waals surface area (Å²) in [6.45, 7) is 3.14. The Labute approximate surface area is 114 Å². The summed E-state index contributed by atoms with van der Waals surface area (Å²) in [5, 5.41) is 7.83. The van der Waals surface area contributed by atoms with Gasteiger partial charge in [-0.1, -0.05) is 12.1 Å². The Morgan fingerprint density at radius 3 is 2.62 bits per heavy atom. The SMILES string of the molecule is CC(NCc1ccsc1)c1ccc(I)cc1. The molecule has 0 aliphatic carbocycles. The third kappa shape index (κ3) is 3.30. The van der Waals surface area contributed by atoms with Crippen molar-refractivity contribution in [1.82, 2.24) is 5.32 Å². The zero-order valence-electron chi connectivity index (χ0n) is 9.11. The molecule has 0 saturated carbocycles. The molecule has 0 saturated heterocycles. The molecule has 2 aromatic rings. The lowest BCUT2D eigenvalue weighted by Crippen LogP contribution is -2.17. The average molecular weight is 343 g/mol. The highest BCUT2D eigenvalue weighted by molar-refractivity contribution is 14.1. The van der Waals surface area contributed by atoms with Crippen LogP contribution in [0.4, 0.5) is 0 Å². The third-order valence-electron chi connectivity index (χ3n) is 2.56. The van der Waals surface area contributed by atoms with Crippen LogP contribution >= 0.6 is 33.9 Å². The fourth-order valence-electron chi connectivity index (χ4n) is 1.53. The summed E-state index contributed by atoms with van der Waals surface area (Å²) in [5.74, 6) is 0. The molecule has 1 aromatic heterocycles. The predicted octanol–water partition coefficient (Wildman–Crippen LogP) is 4.20. The van der Waals surface area contributed by atoms with E-state index in [4.69, 9.17) is 0 Å². The van der Waals surface area contributed by atoms with E-state index >= 15 is 0 Å². The number of hydrogen-bond acceptors (Lipinski definition) is 2. The molecule has 1 nitrogen and oxygen atoms in total. The maximum atomic E-state index is 3.52. The minimum atomic E-state index is 0.400. The fraction of sp³-hybridized carbons (Fsp3) is 0.231. The van der Waals surface area contributed by atoms with Crippen LogP contribution in [0.2, 0.25) is 0 Å². The molecule has 0 radical (unpaired) electrons. The molecule has 0 amide bonds. The van der Waals surface area contributed by atoms with E-state index in [2.05, 4.69) is 75.9 Å². The Morgan fingerprint density at radius 1 is 1.25 bits per heavy atom. The maximum Gasteiger partial charge on any atom is 0.0294 e. The third-order valence-corrected chi connectivity index (χ3v) is 4.01. The van der Waals surface area contributed by atoms with Crippen LogP contribution in [0, 0.1) is 3.57 Å². The molecule has 0 aliphatic heterocycles. The highest BCUT2D eigenvalue weighted by Gasteiger charge is 2.04. The second-order valence-corrected chi connectivity index (χ2v) is 5.81. The van der Waals surface area contributed by atoms with Crippen LogP contribution in [0.3, 0.4) is 0 Å². The zero-order valence-corrected chi connectivity index (χ0v) is 12.1. The van der Waals surface area contributed by atoms with E-state index in [1.807, 2.05) is 0 Å². The molecule has 0 bridgehead atoms. The molecule has 1 atom stereocenters. The quantitative estimate of drug-likeness (QED) is 0.821. The lowest BCUT2D eigenvalue weighted by Gasteiger charge is -2.13. The van der Waals surface area contributed by atoms with Gasteiger partial charge in [0.25, 0.3) is 0 Å². The van der Waals surface area contributed by atoms with Crippen molar-refractivity contribution in [3.8, 4) is 0 Å². The number of thiophene rings is 1. The van der Waals surface area contributed by atoms with Crippen molar-refractivity contribution in [3.63, 3.8) is 0 Å². The largest absolute Gasteiger partial charge is 0.306 e. The Kier molecular flexibility index (Phi) is 4.37. The van der Waals surface area contributed by atoms with Crippen LogP contribution in [0.25, 0.3) is 0 Å². The molecule has 2 rings (SSSR count). The van der Waals surface area contributed by atoms with Gasteiger partial charge in [-0.3, -0.25) is 0 Å². The summed E-state index contributed by atoms with van der Waals surface area (Å²) in [4.78, 5) is 0. The van der Waals surface area contributed by atoms with Gasteiger partial charge in [-0.05, 0) is 69.6 Å². The van der Waals surface area contributed by atoms with E-state index in [-0.39, 0.29) is 0 Å². The van der Waals surface area contributed by atoms with Crippen LogP contribution < -0.4 is 5.32 Å². The molecule has 1 aromatic carbocycles. The minimum absolute atomic E-state index is 0.400. The first-order chi connectivity index (χ1) is 7.75. The molecule has 1 N–H and O–H groups in total. The minimum Gasteiger partial charge on any atom is -0.306 e. The summed E-state index contributed by atoms with van der Waals surface area (Å²) >= 11 is 4.08. The van der Waals surface area contributed by atoms with Gasteiger partial charge in [0, 0.05) is 16.2 Å². The normalized spacial score (nSPS) is 12.6. The summed E-state index contributed by atoms with van der Waals surface area (Å²) in [5.41, 5.74) is 2.71. The molecule has 1 heterocycles. The van der Waals surface area contributed by atoms with E-state index in [1.54, 1.807) is 11.3 Å². The summed E-state index contributed by atoms with van der Waals surface area (Å²) < 4.78 is 1.28. The van der Waals surface area contributed by atoms with E-state index in [9.17, 15) is 0 Å². The molecular weight excluding hydrogens is 329 g/mol. The lowest BCUT2D eigenvalue weighted by molar-refractivity contribution is 0.575. The van der Waals surface area contributed by atoms with Gasteiger partial charge in [-0.15, -0.1) is 0 Å². The van der Waals surface area contributed by atoms with Gasteiger partial charge in [-0.2, -0.15) is 11.3 Å². The smallest absolute Gasteiger partial charge is 0.0294 e. The van der Waals surface area contributed by atoms with E-state index < -0.39 is 0 Å². The maximum absolute atomic E-state index is 3.52. The molecule has 0 spiro atoms. The van der Waals surface area contributed by atoms with E-state index in [0.717, 1.165) is 6.54 Å². The molecule has 84 valence electrons. The fourth-order valence-corrected chi connectivity index (χ4v) is 2.56. The number of rotatable bonds is 4. The topological polar surface area (TPSA) is 12.0 Å². The first-order valence-corrected chi connectivity index (χ1v) is 7.28. The van der Waals surface area contributed by atoms with Crippen molar-refractivity contribution in [1.29, 1.82) is 0 Å². The number of halogens is 1. The van der Waals surface area contributed by atoms with Crippen LogP contribution in [0.5, 0.6) is 0 Å². The lowest BCUT2D eigenvalue weighted by atomic mass is 10.1. The van der Waals surface area contributed by atoms with Crippen LogP contribution in [-0.4, -0.2) is 0 Å². The van der Waals surface area contributed by atoms with Crippen molar-refractivity contribution in [2.45, 2.75) is 19.5 Å². The van der Waals surface area contributed by atoms with Crippen molar-refractivity contribution in [2.24, 2.45) is 0 Å². The Bertz CT molecular complexity index is 422. The van der Waals surface area contributed by atoms with Gasteiger partial charge in [0.2, 0.25) is 0 Å². The summed E-state index contributed by atoms with van der Waals surface area (Å²) in [6.07, 6.45) is 0. The average Bonchev–Trinajstić information content (AvgIpc) is 2.80. The Hall–Kier alpha value is -0.390. The second kappa shape index (κ2) is 5.80. The molecular formula is C13H14INS. The summed E-state index contributed by atoms with van der Waals surface area (Å²) in [6, 6.07) is 11.2. The first-order valence-electron chi connectivity index (χ1n) is 5.25. The van der Waals surface area contributed by atoms with Gasteiger partial charge in [0.1, 0.15) is 0 Å². The van der Waals surface area contributed by atoms with Crippen molar-refractivity contribution in [3.05, 3.63) is 55.8 Å². The summed E-state index contributed by atoms with van der Waals surface area (Å²) in [7, 11) is 0. The first kappa shape index (κ1) is 12.1. The van der Waals surface area contributed by atoms with E-state index in [1.165, 1.54) is 14.7 Å². The predicted molar refractivity (Wildman–Crippen MR) is 78.7 cm³/mol. The van der Waals surface area contributed by atoms with Crippen LogP contribution in [0.1, 0.15) is 24.1 Å². The zero-order chi connectivity index (χ0) is 11.4. The van der Waals surface area contributed by atoms with Gasteiger partial charge >= 0.3 is 0 Å². The molecule has 1 unspecified atom stereocenters. The van der Waals surface area contributed by atoms with Crippen molar-refractivity contribution < 1.29 is 0 Å². The van der Waals surface area contributed by atoms with Crippen molar-refractivity contribution in [2.75, 3.05) is 0 Å². The molecule has 16 heavy (non-hydrogen) atoms. The highest BCUT2D eigenvalue weighted by Crippen LogP contribution is 2.15. The van der Waals surface area contributed by atoms with Gasteiger partial charge in [-0.25, -0.2) is 0 Å². The second-order valence-electron chi connectivity index (χ2n) is 3.79. The van der Waals surface area contributed by atoms with Crippen LogP contribution in [0.15, 0.2) is 41.1 Å². The van der Waals surface area contributed by atoms with Gasteiger partial charge in [0.05, 0.1) is 0 Å².